The van der Waals surface area contributed by atoms with Crippen molar-refractivity contribution in [1.82, 2.24) is 40.1 Å². The Labute approximate surface area is 178 Å². The highest BCUT2D eigenvalue weighted by molar-refractivity contribution is 5.94. The minimum Gasteiger partial charge on any atom is -0.338 e. The van der Waals surface area contributed by atoms with Crippen LogP contribution in [0, 0.1) is 0 Å². The molecule has 1 atom stereocenters. The Balaban J connectivity index is 1.36. The van der Waals surface area contributed by atoms with Crippen LogP contribution in [0.2, 0.25) is 0 Å². The molecule has 1 amide bonds. The average Bonchev–Trinajstić information content (AvgIpc) is 3.39. The zero-order valence-electron chi connectivity index (χ0n) is 16.7. The van der Waals surface area contributed by atoms with E-state index in [0.29, 0.717) is 12.1 Å². The van der Waals surface area contributed by atoms with E-state index in [9.17, 15) is 4.79 Å². The summed E-state index contributed by atoms with van der Waals surface area (Å²) >= 11 is 0. The minimum atomic E-state index is 0.0208. The summed E-state index contributed by atoms with van der Waals surface area (Å²) in [5.41, 5.74) is 4.46. The van der Waals surface area contributed by atoms with Crippen molar-refractivity contribution in [2.24, 2.45) is 0 Å². The Hall–Kier alpha value is -4.01. The van der Waals surface area contributed by atoms with E-state index < -0.39 is 0 Å². The summed E-state index contributed by atoms with van der Waals surface area (Å²) in [5, 5.41) is 11.1. The lowest BCUT2D eigenvalue weighted by atomic mass is 9.90. The molecule has 5 rings (SSSR count). The quantitative estimate of drug-likeness (QED) is 0.507. The summed E-state index contributed by atoms with van der Waals surface area (Å²) in [5.74, 6) is 0.178. The van der Waals surface area contributed by atoms with Gasteiger partial charge < -0.3 is 4.90 Å². The molecule has 0 N–H and O–H groups in total. The maximum absolute atomic E-state index is 13.2. The standard InChI is InChI=1S/C22H20N8O/c31-22(17-3-5-19(6-4-17)30-15-26-27-28-30)29-11-1-2-18(13-29)21-20(12-24-14-25-21)16-7-9-23-10-8-16/h3-10,12,14-15,18H,1-2,11,13H2. The molecule has 1 aliphatic heterocycles. The minimum absolute atomic E-state index is 0.0208. The number of benzene rings is 1. The lowest BCUT2D eigenvalue weighted by Gasteiger charge is -2.33. The first-order chi connectivity index (χ1) is 15.3. The second-order valence-electron chi connectivity index (χ2n) is 7.45. The fraction of sp³-hybridized carbons (Fsp3) is 0.227. The van der Waals surface area contributed by atoms with Crippen LogP contribution in [0.4, 0.5) is 0 Å². The van der Waals surface area contributed by atoms with Crippen LogP contribution in [0.5, 0.6) is 0 Å². The molecule has 1 fully saturated rings. The van der Waals surface area contributed by atoms with Gasteiger partial charge in [0.15, 0.2) is 0 Å². The van der Waals surface area contributed by atoms with Crippen molar-refractivity contribution >= 4 is 5.91 Å². The smallest absolute Gasteiger partial charge is 0.253 e. The van der Waals surface area contributed by atoms with Gasteiger partial charge in [-0.25, -0.2) is 14.6 Å². The first-order valence-corrected chi connectivity index (χ1v) is 10.1. The van der Waals surface area contributed by atoms with E-state index >= 15 is 0 Å². The van der Waals surface area contributed by atoms with E-state index in [4.69, 9.17) is 0 Å². The zero-order valence-corrected chi connectivity index (χ0v) is 16.7. The molecule has 1 aliphatic rings. The van der Waals surface area contributed by atoms with Gasteiger partial charge in [-0.15, -0.1) is 5.10 Å². The summed E-state index contributed by atoms with van der Waals surface area (Å²) in [4.78, 5) is 28.0. The van der Waals surface area contributed by atoms with Crippen LogP contribution >= 0.6 is 0 Å². The van der Waals surface area contributed by atoms with E-state index in [1.54, 1.807) is 23.4 Å². The van der Waals surface area contributed by atoms with Crippen molar-refractivity contribution < 1.29 is 4.79 Å². The molecule has 0 saturated carbocycles. The Morgan fingerprint density at radius 3 is 2.65 bits per heavy atom. The molecule has 1 aromatic carbocycles. The number of rotatable bonds is 4. The van der Waals surface area contributed by atoms with E-state index in [-0.39, 0.29) is 11.8 Å². The number of hydrogen-bond acceptors (Lipinski definition) is 7. The maximum Gasteiger partial charge on any atom is 0.253 e. The predicted octanol–water partition coefficient (Wildman–Crippen LogP) is 2.53. The van der Waals surface area contributed by atoms with E-state index in [2.05, 4.69) is 30.5 Å². The number of amides is 1. The van der Waals surface area contributed by atoms with Crippen molar-refractivity contribution in [2.75, 3.05) is 13.1 Å². The molecule has 154 valence electrons. The number of pyridine rings is 1. The highest BCUT2D eigenvalue weighted by Crippen LogP contribution is 2.32. The molecule has 1 unspecified atom stereocenters. The third kappa shape index (κ3) is 3.89. The van der Waals surface area contributed by atoms with Crippen LogP contribution in [0.3, 0.4) is 0 Å². The van der Waals surface area contributed by atoms with Crippen molar-refractivity contribution in [2.45, 2.75) is 18.8 Å². The van der Waals surface area contributed by atoms with Crippen LogP contribution in [-0.4, -0.2) is 59.1 Å². The summed E-state index contributed by atoms with van der Waals surface area (Å²) in [6.45, 7) is 1.36. The third-order valence-electron chi connectivity index (χ3n) is 5.56. The summed E-state index contributed by atoms with van der Waals surface area (Å²) in [6, 6.07) is 11.2. The number of carbonyl (C=O) groups excluding carboxylic acids is 1. The molecule has 4 heterocycles. The number of tetrazole rings is 1. The lowest BCUT2D eigenvalue weighted by Crippen LogP contribution is -2.39. The summed E-state index contributed by atoms with van der Waals surface area (Å²) in [7, 11) is 0. The fourth-order valence-electron chi connectivity index (χ4n) is 4.02. The molecule has 3 aromatic heterocycles. The van der Waals surface area contributed by atoms with Crippen molar-refractivity contribution in [1.29, 1.82) is 0 Å². The van der Waals surface area contributed by atoms with Crippen molar-refractivity contribution in [3.63, 3.8) is 0 Å². The predicted molar refractivity (Wildman–Crippen MR) is 112 cm³/mol. The molecule has 0 radical (unpaired) electrons. The molecule has 4 aromatic rings. The van der Waals surface area contributed by atoms with Gasteiger partial charge in [0.1, 0.15) is 12.7 Å². The number of aromatic nitrogens is 7. The first-order valence-electron chi connectivity index (χ1n) is 10.1. The Kier molecular flexibility index (Phi) is 5.14. The van der Waals surface area contributed by atoms with Gasteiger partial charge in [-0.3, -0.25) is 9.78 Å². The highest BCUT2D eigenvalue weighted by atomic mass is 16.2. The van der Waals surface area contributed by atoms with E-state index in [1.807, 2.05) is 47.5 Å². The summed E-state index contributed by atoms with van der Waals surface area (Å²) in [6.07, 6.45) is 10.4. The Morgan fingerprint density at radius 2 is 1.87 bits per heavy atom. The van der Waals surface area contributed by atoms with Crippen LogP contribution in [0.25, 0.3) is 16.8 Å². The number of nitrogens with zero attached hydrogens (tertiary/aromatic N) is 8. The average molecular weight is 412 g/mol. The van der Waals surface area contributed by atoms with Gasteiger partial charge in [0.2, 0.25) is 0 Å². The highest BCUT2D eigenvalue weighted by Gasteiger charge is 2.28. The topological polar surface area (TPSA) is 103 Å². The third-order valence-corrected chi connectivity index (χ3v) is 5.56. The van der Waals surface area contributed by atoms with Gasteiger partial charge in [0.25, 0.3) is 5.91 Å². The SMILES string of the molecule is O=C(c1ccc(-n2cnnn2)cc1)N1CCCC(c2ncncc2-c2ccncc2)C1. The van der Waals surface area contributed by atoms with E-state index in [0.717, 1.165) is 41.9 Å². The normalized spacial score (nSPS) is 16.3. The maximum atomic E-state index is 13.2. The molecule has 9 nitrogen and oxygen atoms in total. The second kappa shape index (κ2) is 8.39. The number of hydrogen-bond donors (Lipinski definition) is 0. The van der Waals surface area contributed by atoms with Crippen LogP contribution < -0.4 is 0 Å². The van der Waals surface area contributed by atoms with Crippen LogP contribution in [0.1, 0.15) is 34.8 Å². The summed E-state index contributed by atoms with van der Waals surface area (Å²) < 4.78 is 1.56. The van der Waals surface area contributed by atoms with Gasteiger partial charge in [-0.2, -0.15) is 0 Å². The molecule has 0 bridgehead atoms. The monoisotopic (exact) mass is 412 g/mol. The van der Waals surface area contributed by atoms with Gasteiger partial charge in [-0.05, 0) is 65.2 Å². The van der Waals surface area contributed by atoms with Gasteiger partial charge in [-0.1, -0.05) is 0 Å². The molecule has 0 spiro atoms. The molecule has 31 heavy (non-hydrogen) atoms. The molecule has 9 heteroatoms. The fourth-order valence-corrected chi connectivity index (χ4v) is 4.02. The van der Waals surface area contributed by atoms with Crippen LogP contribution in [0.15, 0.2) is 67.6 Å². The van der Waals surface area contributed by atoms with Gasteiger partial charge in [0, 0.05) is 48.7 Å². The van der Waals surface area contributed by atoms with Crippen molar-refractivity contribution in [3.05, 3.63) is 78.9 Å². The molecule has 1 saturated heterocycles. The largest absolute Gasteiger partial charge is 0.338 e. The zero-order chi connectivity index (χ0) is 21.0. The second-order valence-corrected chi connectivity index (χ2v) is 7.45. The molecular formula is C22H20N8O. The Morgan fingerprint density at radius 1 is 1.03 bits per heavy atom. The van der Waals surface area contributed by atoms with Crippen molar-refractivity contribution in [3.8, 4) is 16.8 Å². The molecular weight excluding hydrogens is 392 g/mol. The lowest BCUT2D eigenvalue weighted by molar-refractivity contribution is 0.0706. The number of carbonyl (C=O) groups is 1. The Bertz CT molecular complexity index is 1160. The van der Waals surface area contributed by atoms with Crippen LogP contribution in [-0.2, 0) is 0 Å². The number of likely N-dealkylation sites (tertiary alicyclic amines) is 1. The van der Waals surface area contributed by atoms with Gasteiger partial charge in [0.05, 0.1) is 11.4 Å². The first kappa shape index (κ1) is 19.0. The van der Waals surface area contributed by atoms with E-state index in [1.165, 1.54) is 6.33 Å². The number of piperidine rings is 1. The van der Waals surface area contributed by atoms with Gasteiger partial charge >= 0.3 is 0 Å². The molecule has 0 aliphatic carbocycles.